The third-order valence-electron chi connectivity index (χ3n) is 4.24. The fourth-order valence-electron chi connectivity index (χ4n) is 2.86. The van der Waals surface area contributed by atoms with Crippen LogP contribution in [0.5, 0.6) is 5.75 Å². The van der Waals surface area contributed by atoms with Crippen LogP contribution in [0.15, 0.2) is 60.1 Å². The number of carbonyl (C=O) groups excluding carboxylic acids is 2. The van der Waals surface area contributed by atoms with Crippen molar-refractivity contribution >= 4 is 47.4 Å². The molecule has 146 valence electrons. The molecule has 0 spiro atoms. The predicted molar refractivity (Wildman–Crippen MR) is 113 cm³/mol. The molecule has 1 N–H and O–H groups in total. The number of carbonyl (C=O) groups is 2. The van der Waals surface area contributed by atoms with Crippen LogP contribution in [0, 0.1) is 0 Å². The number of fused-ring (bicyclic) bond motifs is 1. The highest BCUT2D eigenvalue weighted by Gasteiger charge is 2.34. The molecule has 1 aromatic rings. The highest BCUT2D eigenvalue weighted by molar-refractivity contribution is 7.93. The Hall–Kier alpha value is -2.62. The van der Waals surface area contributed by atoms with E-state index in [1.54, 1.807) is 24.3 Å². The van der Waals surface area contributed by atoms with Gasteiger partial charge in [-0.25, -0.2) is 0 Å². The summed E-state index contributed by atoms with van der Waals surface area (Å²) >= 11 is 5.88. The van der Waals surface area contributed by atoms with E-state index in [4.69, 9.17) is 21.5 Å². The summed E-state index contributed by atoms with van der Waals surface area (Å²) in [5.41, 5.74) is 1.16. The number of thiocarbonyl (C=S) groups is 1. The second-order valence-corrected chi connectivity index (χ2v) is 7.00. The zero-order chi connectivity index (χ0) is 20.1. The third-order valence-corrected chi connectivity index (χ3v) is 5.18. The number of hydrogen-bond donors (Lipinski definition) is 1. The van der Waals surface area contributed by atoms with E-state index in [-0.39, 0.29) is 16.7 Å². The van der Waals surface area contributed by atoms with Gasteiger partial charge in [0.05, 0.1) is 5.69 Å². The minimum Gasteiger partial charge on any atom is -0.439 e. The van der Waals surface area contributed by atoms with Crippen molar-refractivity contribution in [1.82, 2.24) is 9.80 Å². The predicted octanol–water partition coefficient (Wildman–Crippen LogP) is 2.98. The largest absolute Gasteiger partial charge is 0.439 e. The van der Waals surface area contributed by atoms with Gasteiger partial charge in [-0.05, 0) is 55.0 Å². The van der Waals surface area contributed by atoms with Gasteiger partial charge >= 0.3 is 0 Å². The molecule has 1 fully saturated rings. The van der Waals surface area contributed by atoms with Gasteiger partial charge in [-0.1, -0.05) is 24.3 Å². The average molecular weight is 418 g/mol. The van der Waals surface area contributed by atoms with Gasteiger partial charge in [-0.3, -0.25) is 19.4 Å². The second kappa shape index (κ2) is 9.05. The van der Waals surface area contributed by atoms with Gasteiger partial charge in [0.2, 0.25) is 12.3 Å². The summed E-state index contributed by atoms with van der Waals surface area (Å²) in [6.45, 7) is 0.696. The van der Waals surface area contributed by atoms with E-state index in [9.17, 15) is 9.59 Å². The van der Waals surface area contributed by atoms with E-state index >= 15 is 0 Å². The lowest BCUT2D eigenvalue weighted by Gasteiger charge is -2.17. The summed E-state index contributed by atoms with van der Waals surface area (Å²) < 4.78 is 14.8. The SMILES string of the molecule is CN1C(=O)/C(=C/C=C/C=C2/Oc3ccccc3N2CCCSO)N(C=O)C1=S. The molecule has 2 amide bonds. The first kappa shape index (κ1) is 20.1. The molecule has 0 saturated carbocycles. The number of benzene rings is 1. The molecule has 1 saturated heterocycles. The summed E-state index contributed by atoms with van der Waals surface area (Å²) in [5, 5.41) is 0.153. The molecule has 3 rings (SSSR count). The highest BCUT2D eigenvalue weighted by Crippen LogP contribution is 2.38. The first-order valence-corrected chi connectivity index (χ1v) is 9.89. The minimum absolute atomic E-state index is 0.153. The summed E-state index contributed by atoms with van der Waals surface area (Å²) in [6, 6.07) is 7.72. The first-order valence-electron chi connectivity index (χ1n) is 8.54. The molecule has 28 heavy (non-hydrogen) atoms. The highest BCUT2D eigenvalue weighted by atomic mass is 32.2. The number of hydrogen-bond acceptors (Lipinski definition) is 7. The summed E-state index contributed by atoms with van der Waals surface area (Å²) in [7, 11) is 1.53. The van der Waals surface area contributed by atoms with Crippen molar-refractivity contribution in [3.63, 3.8) is 0 Å². The lowest BCUT2D eigenvalue weighted by atomic mass is 10.2. The molecule has 7 nitrogen and oxygen atoms in total. The number of likely N-dealkylation sites (N-methyl/N-ethyl adjacent to an activating group) is 1. The van der Waals surface area contributed by atoms with Crippen LogP contribution in [0.25, 0.3) is 0 Å². The van der Waals surface area contributed by atoms with E-state index in [0.717, 1.165) is 34.8 Å². The summed E-state index contributed by atoms with van der Waals surface area (Å²) in [5.74, 6) is 1.71. The molecule has 0 unspecified atom stereocenters. The van der Waals surface area contributed by atoms with Crippen LogP contribution in [0.3, 0.4) is 0 Å². The fourth-order valence-corrected chi connectivity index (χ4v) is 3.34. The van der Waals surface area contributed by atoms with Crippen molar-refractivity contribution in [2.75, 3.05) is 24.2 Å². The standard InChI is InChI=1S/C19H19N3O4S2/c1-20-18(24)15(22(13-23)19(20)27)8-3-5-10-17-21(11-6-12-28-25)14-7-2-4-9-16(14)26-17/h2-5,7-10,13,25H,6,11-12H2,1H3/b5-3+,15-8-,17-10+. The topological polar surface area (TPSA) is 73.3 Å². The number of rotatable bonds is 7. The Balaban J connectivity index is 1.78. The van der Waals surface area contributed by atoms with Crippen molar-refractivity contribution in [3.8, 4) is 5.75 Å². The molecule has 0 radical (unpaired) electrons. The van der Waals surface area contributed by atoms with Crippen LogP contribution in [0.1, 0.15) is 6.42 Å². The van der Waals surface area contributed by atoms with E-state index < -0.39 is 0 Å². The summed E-state index contributed by atoms with van der Waals surface area (Å²) in [4.78, 5) is 27.8. The maximum Gasteiger partial charge on any atom is 0.276 e. The Morgan fingerprint density at radius 3 is 2.75 bits per heavy atom. The van der Waals surface area contributed by atoms with Crippen molar-refractivity contribution in [3.05, 3.63) is 60.1 Å². The molecule has 0 aliphatic carbocycles. The van der Waals surface area contributed by atoms with Crippen LogP contribution in [-0.2, 0) is 9.59 Å². The van der Waals surface area contributed by atoms with Crippen LogP contribution in [0.4, 0.5) is 5.69 Å². The van der Waals surface area contributed by atoms with Crippen molar-refractivity contribution in [2.45, 2.75) is 6.42 Å². The van der Waals surface area contributed by atoms with Crippen LogP contribution in [-0.4, -0.2) is 51.1 Å². The molecule has 2 heterocycles. The van der Waals surface area contributed by atoms with Gasteiger partial charge in [0.1, 0.15) is 5.70 Å². The molecule has 2 aliphatic heterocycles. The van der Waals surface area contributed by atoms with E-state index in [2.05, 4.69) is 0 Å². The van der Waals surface area contributed by atoms with Gasteiger partial charge < -0.3 is 14.2 Å². The number of para-hydroxylation sites is 2. The summed E-state index contributed by atoms with van der Waals surface area (Å²) in [6.07, 6.45) is 8.04. The normalized spacial score (nSPS) is 19.3. The Kier molecular flexibility index (Phi) is 6.50. The lowest BCUT2D eigenvalue weighted by Crippen LogP contribution is -2.28. The maximum absolute atomic E-state index is 12.1. The average Bonchev–Trinajstić information content (AvgIpc) is 3.15. The van der Waals surface area contributed by atoms with Crippen LogP contribution < -0.4 is 9.64 Å². The van der Waals surface area contributed by atoms with Crippen molar-refractivity contribution < 1.29 is 18.9 Å². The van der Waals surface area contributed by atoms with Gasteiger partial charge in [0.15, 0.2) is 10.9 Å². The quantitative estimate of drug-likeness (QED) is 0.240. The Labute approximate surface area is 172 Å². The maximum atomic E-state index is 12.1. The number of anilines is 1. The van der Waals surface area contributed by atoms with Gasteiger partial charge in [0.25, 0.3) is 5.91 Å². The molecule has 2 aliphatic rings. The zero-order valence-electron chi connectivity index (χ0n) is 15.1. The van der Waals surface area contributed by atoms with Gasteiger partial charge in [-0.2, -0.15) is 0 Å². The van der Waals surface area contributed by atoms with Crippen LogP contribution in [0.2, 0.25) is 0 Å². The van der Waals surface area contributed by atoms with Gasteiger partial charge in [-0.15, -0.1) is 0 Å². The Bertz CT molecular complexity index is 882. The van der Waals surface area contributed by atoms with E-state index in [1.165, 1.54) is 11.9 Å². The third kappa shape index (κ3) is 3.96. The Morgan fingerprint density at radius 1 is 1.25 bits per heavy atom. The molecule has 1 aromatic carbocycles. The lowest BCUT2D eigenvalue weighted by molar-refractivity contribution is -0.122. The second-order valence-electron chi connectivity index (χ2n) is 5.97. The number of nitrogens with zero attached hydrogens (tertiary/aromatic N) is 3. The molecule has 9 heteroatoms. The minimum atomic E-state index is -0.331. The Morgan fingerprint density at radius 2 is 2.00 bits per heavy atom. The van der Waals surface area contributed by atoms with Crippen LogP contribution >= 0.6 is 24.3 Å². The monoisotopic (exact) mass is 417 g/mol. The van der Waals surface area contributed by atoms with Crippen molar-refractivity contribution in [2.24, 2.45) is 0 Å². The fraction of sp³-hybridized carbons (Fsp3) is 0.211. The molecule has 0 aromatic heterocycles. The molecule has 0 bridgehead atoms. The van der Waals surface area contributed by atoms with Gasteiger partial charge in [0, 0.05) is 19.3 Å². The molecular weight excluding hydrogens is 398 g/mol. The molecule has 0 atom stereocenters. The number of amides is 2. The molecular formula is C19H19N3O4S2. The smallest absolute Gasteiger partial charge is 0.276 e. The van der Waals surface area contributed by atoms with E-state index in [0.29, 0.717) is 24.6 Å². The first-order chi connectivity index (χ1) is 13.6. The van der Waals surface area contributed by atoms with Crippen molar-refractivity contribution in [1.29, 1.82) is 0 Å². The number of ether oxygens (including phenoxy) is 1. The number of allylic oxidation sites excluding steroid dienone is 4. The zero-order valence-corrected chi connectivity index (χ0v) is 16.8. The van der Waals surface area contributed by atoms with E-state index in [1.807, 2.05) is 29.2 Å².